The minimum Gasteiger partial charge on any atom is -0.497 e. The van der Waals surface area contributed by atoms with Crippen molar-refractivity contribution in [1.82, 2.24) is 0 Å². The zero-order valence-corrected chi connectivity index (χ0v) is 11.2. The Labute approximate surface area is 117 Å². The predicted octanol–water partition coefficient (Wildman–Crippen LogP) is 2.55. The minimum absolute atomic E-state index is 0.499. The summed E-state index contributed by atoms with van der Waals surface area (Å²) in [5.74, 6) is 2.07. The summed E-state index contributed by atoms with van der Waals surface area (Å²) in [6.45, 7) is 1.04. The smallest absolute Gasteiger partial charge is 0.167 e. The fourth-order valence-electron chi connectivity index (χ4n) is 2.28. The van der Waals surface area contributed by atoms with Crippen LogP contribution in [0.25, 0.3) is 0 Å². The number of benzene rings is 2. The van der Waals surface area contributed by atoms with Crippen LogP contribution in [0.15, 0.2) is 42.5 Å². The molecule has 3 rings (SSSR count). The van der Waals surface area contributed by atoms with E-state index in [2.05, 4.69) is 0 Å². The van der Waals surface area contributed by atoms with Crippen molar-refractivity contribution in [2.75, 3.05) is 20.3 Å². The summed E-state index contributed by atoms with van der Waals surface area (Å²) in [6.07, 6.45) is -0.752. The highest BCUT2D eigenvalue weighted by Gasteiger charge is 2.21. The van der Waals surface area contributed by atoms with Gasteiger partial charge in [-0.1, -0.05) is 24.3 Å². The first-order chi connectivity index (χ1) is 9.79. The zero-order chi connectivity index (χ0) is 13.9. The second kappa shape index (κ2) is 5.43. The number of para-hydroxylation sites is 1. The Bertz CT molecular complexity index is 592. The molecule has 0 spiro atoms. The largest absolute Gasteiger partial charge is 0.497 e. The van der Waals surface area contributed by atoms with Gasteiger partial charge in [0.2, 0.25) is 0 Å². The summed E-state index contributed by atoms with van der Waals surface area (Å²) >= 11 is 0. The number of methoxy groups -OCH3 is 1. The van der Waals surface area contributed by atoms with Crippen molar-refractivity contribution in [2.24, 2.45) is 0 Å². The maximum Gasteiger partial charge on any atom is 0.167 e. The molecule has 1 aliphatic rings. The van der Waals surface area contributed by atoms with Crippen molar-refractivity contribution in [2.45, 2.75) is 6.10 Å². The topological polar surface area (TPSA) is 47.9 Å². The number of ether oxygens (including phenoxy) is 3. The van der Waals surface area contributed by atoms with Crippen molar-refractivity contribution < 1.29 is 19.3 Å². The van der Waals surface area contributed by atoms with Gasteiger partial charge in [0.05, 0.1) is 7.11 Å². The van der Waals surface area contributed by atoms with Crippen LogP contribution in [0.2, 0.25) is 0 Å². The molecule has 0 aromatic heterocycles. The van der Waals surface area contributed by atoms with Gasteiger partial charge in [-0.05, 0) is 23.8 Å². The van der Waals surface area contributed by atoms with Gasteiger partial charge in [0, 0.05) is 5.56 Å². The summed E-state index contributed by atoms with van der Waals surface area (Å²) in [7, 11) is 1.62. The van der Waals surface area contributed by atoms with Crippen LogP contribution in [-0.2, 0) is 0 Å². The van der Waals surface area contributed by atoms with E-state index in [1.165, 1.54) is 0 Å². The molecule has 1 N–H and O–H groups in total. The van der Waals surface area contributed by atoms with E-state index < -0.39 is 6.10 Å². The first-order valence-electron chi connectivity index (χ1n) is 6.50. The van der Waals surface area contributed by atoms with E-state index in [0.29, 0.717) is 30.3 Å². The third kappa shape index (κ3) is 2.30. The lowest BCUT2D eigenvalue weighted by atomic mass is 10.00. The van der Waals surface area contributed by atoms with Gasteiger partial charge in [0.1, 0.15) is 25.1 Å². The molecule has 0 amide bonds. The number of hydrogen-bond acceptors (Lipinski definition) is 4. The van der Waals surface area contributed by atoms with E-state index in [4.69, 9.17) is 14.2 Å². The summed E-state index contributed by atoms with van der Waals surface area (Å²) in [6, 6.07) is 12.9. The molecule has 0 aliphatic carbocycles. The number of hydrogen-bond donors (Lipinski definition) is 1. The van der Waals surface area contributed by atoms with Gasteiger partial charge in [-0.25, -0.2) is 0 Å². The van der Waals surface area contributed by atoms with Gasteiger partial charge < -0.3 is 19.3 Å². The molecule has 1 heterocycles. The van der Waals surface area contributed by atoms with E-state index in [1.807, 2.05) is 42.5 Å². The standard InChI is InChI=1S/C16H16O4/c1-18-12-7-5-11(6-8-12)15(17)13-3-2-4-14-16(13)20-10-9-19-14/h2-8,15,17H,9-10H2,1H3. The normalized spacial score (nSPS) is 14.7. The highest BCUT2D eigenvalue weighted by Crippen LogP contribution is 2.39. The Morgan fingerprint density at radius 2 is 1.80 bits per heavy atom. The molecule has 0 saturated heterocycles. The van der Waals surface area contributed by atoms with Crippen molar-refractivity contribution >= 4 is 0 Å². The monoisotopic (exact) mass is 272 g/mol. The molecule has 0 saturated carbocycles. The molecule has 4 heteroatoms. The molecule has 0 fully saturated rings. The van der Waals surface area contributed by atoms with Crippen molar-refractivity contribution in [3.63, 3.8) is 0 Å². The SMILES string of the molecule is COc1ccc(C(O)c2cccc3c2OCCO3)cc1. The Kier molecular flexibility index (Phi) is 3.48. The lowest BCUT2D eigenvalue weighted by Gasteiger charge is -2.23. The van der Waals surface area contributed by atoms with Gasteiger partial charge in [0.25, 0.3) is 0 Å². The zero-order valence-electron chi connectivity index (χ0n) is 11.2. The number of aliphatic hydroxyl groups is 1. The van der Waals surface area contributed by atoms with Gasteiger partial charge in [0.15, 0.2) is 11.5 Å². The van der Waals surface area contributed by atoms with Gasteiger partial charge in [-0.15, -0.1) is 0 Å². The molecule has 2 aromatic rings. The van der Waals surface area contributed by atoms with Crippen LogP contribution in [0.4, 0.5) is 0 Å². The average molecular weight is 272 g/mol. The lowest BCUT2D eigenvalue weighted by molar-refractivity contribution is 0.158. The average Bonchev–Trinajstić information content (AvgIpc) is 2.54. The number of fused-ring (bicyclic) bond motifs is 1. The van der Waals surface area contributed by atoms with Crippen LogP contribution in [0.5, 0.6) is 17.2 Å². The second-order valence-electron chi connectivity index (χ2n) is 4.55. The van der Waals surface area contributed by atoms with Crippen LogP contribution in [0.3, 0.4) is 0 Å². The first kappa shape index (κ1) is 12.8. The van der Waals surface area contributed by atoms with E-state index >= 15 is 0 Å². The summed E-state index contributed by atoms with van der Waals surface area (Å²) < 4.78 is 16.3. The van der Waals surface area contributed by atoms with E-state index in [1.54, 1.807) is 7.11 Å². The van der Waals surface area contributed by atoms with E-state index in [9.17, 15) is 5.11 Å². The highest BCUT2D eigenvalue weighted by atomic mass is 16.6. The van der Waals surface area contributed by atoms with Crippen LogP contribution in [-0.4, -0.2) is 25.4 Å². The molecule has 104 valence electrons. The molecule has 20 heavy (non-hydrogen) atoms. The third-order valence-corrected chi connectivity index (χ3v) is 3.32. The molecule has 1 aliphatic heterocycles. The van der Waals surface area contributed by atoms with Crippen molar-refractivity contribution in [3.05, 3.63) is 53.6 Å². The Morgan fingerprint density at radius 1 is 1.05 bits per heavy atom. The number of rotatable bonds is 3. The maximum atomic E-state index is 10.5. The second-order valence-corrected chi connectivity index (χ2v) is 4.55. The fourth-order valence-corrected chi connectivity index (χ4v) is 2.28. The van der Waals surface area contributed by atoms with E-state index in [0.717, 1.165) is 11.3 Å². The van der Waals surface area contributed by atoms with Crippen LogP contribution in [0.1, 0.15) is 17.2 Å². The quantitative estimate of drug-likeness (QED) is 0.932. The number of aliphatic hydroxyl groups excluding tert-OH is 1. The lowest BCUT2D eigenvalue weighted by Crippen LogP contribution is -2.17. The maximum absolute atomic E-state index is 10.5. The van der Waals surface area contributed by atoms with E-state index in [-0.39, 0.29) is 0 Å². The summed E-state index contributed by atoms with van der Waals surface area (Å²) in [5, 5.41) is 10.5. The summed E-state index contributed by atoms with van der Waals surface area (Å²) in [4.78, 5) is 0. The van der Waals surface area contributed by atoms with Gasteiger partial charge >= 0.3 is 0 Å². The predicted molar refractivity (Wildman–Crippen MR) is 74.5 cm³/mol. The van der Waals surface area contributed by atoms with Gasteiger partial charge in [-0.2, -0.15) is 0 Å². The molecule has 1 unspecified atom stereocenters. The highest BCUT2D eigenvalue weighted by molar-refractivity contribution is 5.50. The third-order valence-electron chi connectivity index (χ3n) is 3.32. The van der Waals surface area contributed by atoms with Crippen LogP contribution in [0, 0.1) is 0 Å². The molecule has 4 nitrogen and oxygen atoms in total. The molecule has 2 aromatic carbocycles. The molecule has 0 radical (unpaired) electrons. The van der Waals surface area contributed by atoms with Crippen LogP contribution < -0.4 is 14.2 Å². The molecule has 1 atom stereocenters. The van der Waals surface area contributed by atoms with Crippen LogP contribution >= 0.6 is 0 Å². The van der Waals surface area contributed by atoms with Crippen molar-refractivity contribution in [1.29, 1.82) is 0 Å². The first-order valence-corrected chi connectivity index (χ1v) is 6.50. The van der Waals surface area contributed by atoms with Crippen molar-refractivity contribution in [3.8, 4) is 17.2 Å². The molecular formula is C16H16O4. The minimum atomic E-state index is -0.752. The molecule has 0 bridgehead atoms. The Morgan fingerprint density at radius 3 is 2.55 bits per heavy atom. The summed E-state index contributed by atoms with van der Waals surface area (Å²) in [5.41, 5.74) is 1.50. The Balaban J connectivity index is 1.95. The Hall–Kier alpha value is -2.20. The molecular weight excluding hydrogens is 256 g/mol. The van der Waals surface area contributed by atoms with Gasteiger partial charge in [-0.3, -0.25) is 0 Å². The fraction of sp³-hybridized carbons (Fsp3) is 0.250.